The number of fused-ring (bicyclic) bond motifs is 2. The summed E-state index contributed by atoms with van der Waals surface area (Å²) < 4.78 is 9.89. The Hall–Kier alpha value is -1.90. The number of rotatable bonds is 0. The fourth-order valence-corrected chi connectivity index (χ4v) is 2.32. The van der Waals surface area contributed by atoms with Gasteiger partial charge in [0.05, 0.1) is 26.4 Å². The number of hydrogen-bond donors (Lipinski definition) is 0. The molecule has 0 spiro atoms. The van der Waals surface area contributed by atoms with Crippen molar-refractivity contribution in [2.24, 2.45) is 0 Å². The number of hydrogen-bond acceptors (Lipinski definition) is 2. The Morgan fingerprint density at radius 3 is 1.05 bits per heavy atom. The summed E-state index contributed by atoms with van der Waals surface area (Å²) in [6, 6.07) is 21.4. The molecule has 2 nitrogen and oxygen atoms in total. The van der Waals surface area contributed by atoms with Crippen molar-refractivity contribution in [3.8, 4) is 0 Å². The van der Waals surface area contributed by atoms with Crippen LogP contribution in [0.3, 0.4) is 0 Å². The number of benzene rings is 3. The lowest BCUT2D eigenvalue weighted by molar-refractivity contribution is -0.0334. The first-order valence-corrected chi connectivity index (χ1v) is 6.96. The largest absolute Gasteiger partial charge is 0.377 e. The van der Waals surface area contributed by atoms with Gasteiger partial charge in [-0.2, -0.15) is 0 Å². The van der Waals surface area contributed by atoms with E-state index in [9.17, 15) is 0 Å². The zero-order chi connectivity index (χ0) is 13.6. The quantitative estimate of drug-likeness (QED) is 0.572. The fourth-order valence-electron chi connectivity index (χ4n) is 2.32. The van der Waals surface area contributed by atoms with Crippen LogP contribution in [-0.4, -0.2) is 26.4 Å². The SMILES string of the molecule is C1COCCO1.c1ccc2cc3ccccc3cc2c1. The van der Waals surface area contributed by atoms with Gasteiger partial charge in [0.2, 0.25) is 0 Å². The molecule has 0 amide bonds. The Morgan fingerprint density at radius 2 is 0.800 bits per heavy atom. The molecule has 1 aliphatic heterocycles. The Morgan fingerprint density at radius 1 is 0.500 bits per heavy atom. The first kappa shape index (κ1) is 13.1. The van der Waals surface area contributed by atoms with Crippen LogP contribution >= 0.6 is 0 Å². The summed E-state index contributed by atoms with van der Waals surface area (Å²) in [5, 5.41) is 5.25. The molecule has 1 aliphatic rings. The zero-order valence-electron chi connectivity index (χ0n) is 11.4. The Labute approximate surface area is 118 Å². The first-order valence-electron chi connectivity index (χ1n) is 6.96. The zero-order valence-corrected chi connectivity index (χ0v) is 11.4. The van der Waals surface area contributed by atoms with Crippen LogP contribution in [0.1, 0.15) is 0 Å². The highest BCUT2D eigenvalue weighted by atomic mass is 16.6. The standard InChI is InChI=1S/C14H10.C4H8O2/c1-2-6-12-10-14-8-4-3-7-13(14)9-11(12)5-1;1-2-6-4-3-5-1/h1-10H;1-4H2. The van der Waals surface area contributed by atoms with E-state index in [1.165, 1.54) is 21.5 Å². The highest BCUT2D eigenvalue weighted by Gasteiger charge is 1.95. The maximum atomic E-state index is 4.94. The van der Waals surface area contributed by atoms with Gasteiger partial charge in [-0.3, -0.25) is 0 Å². The van der Waals surface area contributed by atoms with E-state index in [4.69, 9.17) is 9.47 Å². The predicted molar refractivity (Wildman–Crippen MR) is 83.1 cm³/mol. The molecule has 0 atom stereocenters. The van der Waals surface area contributed by atoms with Crippen LogP contribution < -0.4 is 0 Å². The molecule has 4 rings (SSSR count). The third-order valence-electron chi connectivity index (χ3n) is 3.36. The molecule has 0 radical (unpaired) electrons. The van der Waals surface area contributed by atoms with Crippen molar-refractivity contribution in [1.82, 2.24) is 0 Å². The van der Waals surface area contributed by atoms with Crippen LogP contribution in [0.15, 0.2) is 60.7 Å². The van der Waals surface area contributed by atoms with E-state index in [1.54, 1.807) is 0 Å². The molecule has 0 bridgehead atoms. The Bertz CT molecular complexity index is 570. The van der Waals surface area contributed by atoms with Crippen molar-refractivity contribution in [3.63, 3.8) is 0 Å². The lowest BCUT2D eigenvalue weighted by Crippen LogP contribution is -2.16. The van der Waals surface area contributed by atoms with E-state index < -0.39 is 0 Å². The molecule has 1 fully saturated rings. The van der Waals surface area contributed by atoms with Crippen molar-refractivity contribution in [1.29, 1.82) is 0 Å². The first-order chi connectivity index (χ1) is 9.93. The topological polar surface area (TPSA) is 18.5 Å². The maximum absolute atomic E-state index is 4.94. The molecule has 102 valence electrons. The smallest absolute Gasteiger partial charge is 0.0701 e. The molecule has 0 unspecified atom stereocenters. The van der Waals surface area contributed by atoms with Crippen LogP contribution in [0.5, 0.6) is 0 Å². The van der Waals surface area contributed by atoms with E-state index in [1.807, 2.05) is 0 Å². The molecular weight excluding hydrogens is 248 g/mol. The second-order valence-electron chi connectivity index (χ2n) is 4.77. The van der Waals surface area contributed by atoms with Gasteiger partial charge in [0.1, 0.15) is 0 Å². The molecule has 0 aliphatic carbocycles. The van der Waals surface area contributed by atoms with Crippen molar-refractivity contribution in [3.05, 3.63) is 60.7 Å². The lowest BCUT2D eigenvalue weighted by Gasteiger charge is -2.09. The molecule has 2 heteroatoms. The average molecular weight is 266 g/mol. The van der Waals surface area contributed by atoms with Gasteiger partial charge in [-0.15, -0.1) is 0 Å². The van der Waals surface area contributed by atoms with Gasteiger partial charge in [-0.05, 0) is 33.7 Å². The van der Waals surface area contributed by atoms with Crippen molar-refractivity contribution in [2.75, 3.05) is 26.4 Å². The number of ether oxygens (including phenoxy) is 2. The van der Waals surface area contributed by atoms with Gasteiger partial charge in [0, 0.05) is 0 Å². The summed E-state index contributed by atoms with van der Waals surface area (Å²) in [5.74, 6) is 0. The molecule has 0 aromatic heterocycles. The third kappa shape index (κ3) is 3.16. The molecule has 20 heavy (non-hydrogen) atoms. The highest BCUT2D eigenvalue weighted by Crippen LogP contribution is 2.21. The van der Waals surface area contributed by atoms with E-state index in [-0.39, 0.29) is 0 Å². The monoisotopic (exact) mass is 266 g/mol. The minimum atomic E-state index is 0.778. The van der Waals surface area contributed by atoms with Gasteiger partial charge in [0.25, 0.3) is 0 Å². The molecule has 1 heterocycles. The fraction of sp³-hybridized carbons (Fsp3) is 0.222. The van der Waals surface area contributed by atoms with Crippen LogP contribution in [0.25, 0.3) is 21.5 Å². The molecular formula is C18H18O2. The molecule has 3 aromatic rings. The Balaban J connectivity index is 0.000000170. The van der Waals surface area contributed by atoms with E-state index in [0.717, 1.165) is 26.4 Å². The summed E-state index contributed by atoms with van der Waals surface area (Å²) in [6.45, 7) is 3.11. The molecule has 1 saturated heterocycles. The van der Waals surface area contributed by atoms with Gasteiger partial charge < -0.3 is 9.47 Å². The summed E-state index contributed by atoms with van der Waals surface area (Å²) >= 11 is 0. The third-order valence-corrected chi connectivity index (χ3v) is 3.36. The van der Waals surface area contributed by atoms with Crippen molar-refractivity contribution < 1.29 is 9.47 Å². The van der Waals surface area contributed by atoms with Gasteiger partial charge in [-0.1, -0.05) is 48.5 Å². The second-order valence-corrected chi connectivity index (χ2v) is 4.77. The van der Waals surface area contributed by atoms with Crippen molar-refractivity contribution in [2.45, 2.75) is 0 Å². The molecule has 0 saturated carbocycles. The average Bonchev–Trinajstić information content (AvgIpc) is 2.55. The summed E-state index contributed by atoms with van der Waals surface area (Å²) in [6.07, 6.45) is 0. The second kappa shape index (κ2) is 6.51. The van der Waals surface area contributed by atoms with Crippen molar-refractivity contribution >= 4 is 21.5 Å². The normalized spacial score (nSPS) is 14.8. The van der Waals surface area contributed by atoms with E-state index in [2.05, 4.69) is 60.7 Å². The van der Waals surface area contributed by atoms with Gasteiger partial charge >= 0.3 is 0 Å². The summed E-state index contributed by atoms with van der Waals surface area (Å²) in [7, 11) is 0. The van der Waals surface area contributed by atoms with Gasteiger partial charge in [0.15, 0.2) is 0 Å². The minimum Gasteiger partial charge on any atom is -0.377 e. The van der Waals surface area contributed by atoms with Crippen LogP contribution in [0, 0.1) is 0 Å². The van der Waals surface area contributed by atoms with Crippen LogP contribution in [0.4, 0.5) is 0 Å². The summed E-state index contributed by atoms with van der Waals surface area (Å²) in [4.78, 5) is 0. The highest BCUT2D eigenvalue weighted by molar-refractivity contribution is 5.98. The van der Waals surface area contributed by atoms with Crippen LogP contribution in [0.2, 0.25) is 0 Å². The lowest BCUT2D eigenvalue weighted by atomic mass is 10.0. The van der Waals surface area contributed by atoms with Crippen LogP contribution in [-0.2, 0) is 9.47 Å². The Kier molecular flexibility index (Phi) is 4.26. The predicted octanol–water partition coefficient (Wildman–Crippen LogP) is 4.03. The minimum absolute atomic E-state index is 0.778. The summed E-state index contributed by atoms with van der Waals surface area (Å²) in [5.41, 5.74) is 0. The van der Waals surface area contributed by atoms with Gasteiger partial charge in [-0.25, -0.2) is 0 Å². The maximum Gasteiger partial charge on any atom is 0.0701 e. The van der Waals surface area contributed by atoms with E-state index in [0.29, 0.717) is 0 Å². The van der Waals surface area contributed by atoms with E-state index >= 15 is 0 Å². The molecule has 0 N–H and O–H groups in total. The molecule has 3 aromatic carbocycles.